The summed E-state index contributed by atoms with van der Waals surface area (Å²) in [7, 11) is 1.52. The quantitative estimate of drug-likeness (QED) is 0.785. The van der Waals surface area contributed by atoms with Gasteiger partial charge in [-0.25, -0.2) is 0 Å². The summed E-state index contributed by atoms with van der Waals surface area (Å²) in [6, 6.07) is 4.88. The molecule has 5 nitrogen and oxygen atoms in total. The molecule has 1 atom stereocenters. The molecule has 0 saturated carbocycles. The van der Waals surface area contributed by atoms with E-state index in [1.807, 2.05) is 20.8 Å². The second-order valence-corrected chi connectivity index (χ2v) is 5.51. The molecule has 0 fully saturated rings. The molecule has 1 aromatic rings. The lowest BCUT2D eigenvalue weighted by atomic mass is 10.0. The van der Waals surface area contributed by atoms with Gasteiger partial charge in [-0.15, -0.1) is 0 Å². The minimum absolute atomic E-state index is 0.213. The van der Waals surface area contributed by atoms with Crippen molar-refractivity contribution in [2.75, 3.05) is 7.11 Å². The zero-order valence-electron chi connectivity index (χ0n) is 13.2. The molecule has 0 aliphatic heterocycles. The van der Waals surface area contributed by atoms with E-state index in [2.05, 4.69) is 5.32 Å². The second-order valence-electron chi connectivity index (χ2n) is 5.51. The topological polar surface area (TPSA) is 64.6 Å². The number of rotatable bonds is 7. The number of hydrogen-bond donors (Lipinski definition) is 1. The summed E-state index contributed by atoms with van der Waals surface area (Å²) in [5.74, 6) is 0.714. The van der Waals surface area contributed by atoms with Crippen LogP contribution in [0.2, 0.25) is 0 Å². The van der Waals surface area contributed by atoms with E-state index < -0.39 is 6.10 Å². The van der Waals surface area contributed by atoms with Gasteiger partial charge >= 0.3 is 0 Å². The van der Waals surface area contributed by atoms with Crippen LogP contribution in [0.25, 0.3) is 0 Å². The number of nitrogens with one attached hydrogen (secondary N) is 1. The summed E-state index contributed by atoms with van der Waals surface area (Å²) >= 11 is 0. The van der Waals surface area contributed by atoms with Gasteiger partial charge in [0, 0.05) is 5.54 Å². The van der Waals surface area contributed by atoms with Gasteiger partial charge in [0.25, 0.3) is 5.91 Å². The maximum absolute atomic E-state index is 12.1. The average Bonchev–Trinajstić information content (AvgIpc) is 2.47. The Bertz CT molecular complexity index is 511. The van der Waals surface area contributed by atoms with Crippen molar-refractivity contribution in [3.05, 3.63) is 23.8 Å². The Balaban J connectivity index is 2.81. The van der Waals surface area contributed by atoms with Crippen molar-refractivity contribution in [2.45, 2.75) is 45.8 Å². The molecule has 116 valence electrons. The Kier molecular flexibility index (Phi) is 5.76. The number of hydrogen-bond acceptors (Lipinski definition) is 4. The standard InChI is InChI=1S/C16H23NO4/c1-6-16(3,4)17-15(19)11(2)21-14-8-7-13(20-5)9-12(14)10-18/h7-11H,6H2,1-5H3,(H,17,19). The Hall–Kier alpha value is -2.04. The van der Waals surface area contributed by atoms with Gasteiger partial charge in [-0.1, -0.05) is 6.92 Å². The molecule has 0 aliphatic carbocycles. The molecule has 0 saturated heterocycles. The Morgan fingerprint density at radius 1 is 1.43 bits per heavy atom. The normalized spacial score (nSPS) is 12.4. The Morgan fingerprint density at radius 3 is 2.62 bits per heavy atom. The minimum Gasteiger partial charge on any atom is -0.497 e. The molecule has 1 N–H and O–H groups in total. The van der Waals surface area contributed by atoms with E-state index in [1.54, 1.807) is 25.1 Å². The fourth-order valence-corrected chi connectivity index (χ4v) is 1.62. The number of ether oxygens (including phenoxy) is 2. The average molecular weight is 293 g/mol. The number of methoxy groups -OCH3 is 1. The highest BCUT2D eigenvalue weighted by atomic mass is 16.5. The summed E-state index contributed by atoms with van der Waals surface area (Å²) in [5.41, 5.74) is 0.0611. The third-order valence-corrected chi connectivity index (χ3v) is 3.36. The first-order valence-electron chi connectivity index (χ1n) is 6.95. The molecular formula is C16H23NO4. The van der Waals surface area contributed by atoms with Crippen LogP contribution >= 0.6 is 0 Å². The summed E-state index contributed by atoms with van der Waals surface area (Å²) in [5, 5.41) is 2.91. The molecule has 0 radical (unpaired) electrons. The summed E-state index contributed by atoms with van der Waals surface area (Å²) in [6.45, 7) is 7.55. The first kappa shape index (κ1) is 17.0. The largest absolute Gasteiger partial charge is 0.497 e. The third-order valence-electron chi connectivity index (χ3n) is 3.36. The first-order valence-corrected chi connectivity index (χ1v) is 6.95. The van der Waals surface area contributed by atoms with E-state index in [-0.39, 0.29) is 11.4 Å². The number of carbonyl (C=O) groups excluding carboxylic acids is 2. The van der Waals surface area contributed by atoms with Gasteiger partial charge in [-0.05, 0) is 45.4 Å². The molecule has 0 aromatic heterocycles. The van der Waals surface area contributed by atoms with Crippen molar-refractivity contribution in [3.63, 3.8) is 0 Å². The van der Waals surface area contributed by atoms with Crippen LogP contribution in [-0.4, -0.2) is 30.9 Å². The molecular weight excluding hydrogens is 270 g/mol. The molecule has 0 aliphatic rings. The van der Waals surface area contributed by atoms with Gasteiger partial charge in [0.2, 0.25) is 0 Å². The lowest BCUT2D eigenvalue weighted by molar-refractivity contribution is -0.129. The fraction of sp³-hybridized carbons (Fsp3) is 0.500. The highest BCUT2D eigenvalue weighted by molar-refractivity contribution is 5.83. The molecule has 1 aromatic carbocycles. The SMILES string of the molecule is CCC(C)(C)NC(=O)C(C)Oc1ccc(OC)cc1C=O. The molecule has 0 heterocycles. The molecule has 5 heteroatoms. The van der Waals surface area contributed by atoms with Crippen molar-refractivity contribution >= 4 is 12.2 Å². The van der Waals surface area contributed by atoms with Crippen LogP contribution in [-0.2, 0) is 4.79 Å². The summed E-state index contributed by atoms with van der Waals surface area (Å²) in [4.78, 5) is 23.2. The molecule has 21 heavy (non-hydrogen) atoms. The zero-order chi connectivity index (χ0) is 16.0. The van der Waals surface area contributed by atoms with Gasteiger partial charge in [-0.3, -0.25) is 9.59 Å². The monoisotopic (exact) mass is 293 g/mol. The second kappa shape index (κ2) is 7.11. The van der Waals surface area contributed by atoms with Crippen LogP contribution in [0.5, 0.6) is 11.5 Å². The van der Waals surface area contributed by atoms with E-state index in [9.17, 15) is 9.59 Å². The number of amides is 1. The molecule has 0 spiro atoms. The van der Waals surface area contributed by atoms with Crippen molar-refractivity contribution in [1.82, 2.24) is 5.32 Å². The van der Waals surface area contributed by atoms with Gasteiger partial charge < -0.3 is 14.8 Å². The van der Waals surface area contributed by atoms with Crippen molar-refractivity contribution in [3.8, 4) is 11.5 Å². The van der Waals surface area contributed by atoms with Crippen LogP contribution in [0.15, 0.2) is 18.2 Å². The number of aldehydes is 1. The van der Waals surface area contributed by atoms with E-state index in [4.69, 9.17) is 9.47 Å². The third kappa shape index (κ3) is 4.77. The van der Waals surface area contributed by atoms with Crippen LogP contribution in [0.1, 0.15) is 44.5 Å². The highest BCUT2D eigenvalue weighted by Gasteiger charge is 2.23. The first-order chi connectivity index (χ1) is 9.82. The molecule has 1 rings (SSSR count). The van der Waals surface area contributed by atoms with Crippen LogP contribution < -0.4 is 14.8 Å². The predicted octanol–water partition coefficient (Wildman–Crippen LogP) is 2.58. The van der Waals surface area contributed by atoms with Crippen molar-refractivity contribution in [1.29, 1.82) is 0 Å². The van der Waals surface area contributed by atoms with Gasteiger partial charge in [0.05, 0.1) is 12.7 Å². The molecule has 0 bridgehead atoms. The summed E-state index contributed by atoms with van der Waals surface area (Å²) < 4.78 is 10.6. The maximum Gasteiger partial charge on any atom is 0.261 e. The fourth-order valence-electron chi connectivity index (χ4n) is 1.62. The maximum atomic E-state index is 12.1. The van der Waals surface area contributed by atoms with E-state index >= 15 is 0 Å². The van der Waals surface area contributed by atoms with Crippen LogP contribution in [0.4, 0.5) is 0 Å². The Labute approximate surface area is 125 Å². The zero-order valence-corrected chi connectivity index (χ0v) is 13.2. The number of carbonyl (C=O) groups is 2. The van der Waals surface area contributed by atoms with E-state index in [0.29, 0.717) is 23.3 Å². The van der Waals surface area contributed by atoms with Crippen LogP contribution in [0.3, 0.4) is 0 Å². The van der Waals surface area contributed by atoms with Gasteiger partial charge in [-0.2, -0.15) is 0 Å². The number of benzene rings is 1. The van der Waals surface area contributed by atoms with Gasteiger partial charge in [0.15, 0.2) is 12.4 Å². The highest BCUT2D eigenvalue weighted by Crippen LogP contribution is 2.23. The smallest absolute Gasteiger partial charge is 0.261 e. The van der Waals surface area contributed by atoms with E-state index in [0.717, 1.165) is 6.42 Å². The van der Waals surface area contributed by atoms with E-state index in [1.165, 1.54) is 7.11 Å². The summed E-state index contributed by atoms with van der Waals surface area (Å²) in [6.07, 6.45) is 0.800. The lowest BCUT2D eigenvalue weighted by Gasteiger charge is -2.26. The van der Waals surface area contributed by atoms with Crippen molar-refractivity contribution < 1.29 is 19.1 Å². The van der Waals surface area contributed by atoms with Gasteiger partial charge in [0.1, 0.15) is 11.5 Å². The van der Waals surface area contributed by atoms with Crippen LogP contribution in [0, 0.1) is 0 Å². The lowest BCUT2D eigenvalue weighted by Crippen LogP contribution is -2.48. The predicted molar refractivity (Wildman–Crippen MR) is 81.0 cm³/mol. The Morgan fingerprint density at radius 2 is 2.10 bits per heavy atom. The molecule has 1 unspecified atom stereocenters. The van der Waals surface area contributed by atoms with Crippen molar-refractivity contribution in [2.24, 2.45) is 0 Å². The minimum atomic E-state index is -0.692. The molecule has 1 amide bonds.